The standard InChI is InChI=1S/C16H20N4O/c1-12-14(11-18-19-12)10-17-9-13-4-6-15(7-5-13)20-8-2-3-16(20)21/h4-7,11,17H,2-3,8-10H2,1H3,(H,18,19). The third kappa shape index (κ3) is 3.13. The summed E-state index contributed by atoms with van der Waals surface area (Å²) in [6.45, 7) is 4.47. The smallest absolute Gasteiger partial charge is 0.227 e. The quantitative estimate of drug-likeness (QED) is 0.884. The summed E-state index contributed by atoms with van der Waals surface area (Å²) in [7, 11) is 0. The number of benzene rings is 1. The Morgan fingerprint density at radius 3 is 2.71 bits per heavy atom. The number of anilines is 1. The van der Waals surface area contributed by atoms with Gasteiger partial charge in [-0.2, -0.15) is 5.10 Å². The van der Waals surface area contributed by atoms with E-state index >= 15 is 0 Å². The zero-order chi connectivity index (χ0) is 14.7. The summed E-state index contributed by atoms with van der Waals surface area (Å²) in [5.41, 5.74) is 4.51. The first-order valence-corrected chi connectivity index (χ1v) is 7.33. The Kier molecular flexibility index (Phi) is 4.01. The van der Waals surface area contributed by atoms with Crippen LogP contribution in [0, 0.1) is 6.92 Å². The van der Waals surface area contributed by atoms with Gasteiger partial charge in [-0.25, -0.2) is 0 Å². The van der Waals surface area contributed by atoms with Crippen LogP contribution in [0.3, 0.4) is 0 Å². The lowest BCUT2D eigenvalue weighted by Crippen LogP contribution is -2.23. The van der Waals surface area contributed by atoms with Crippen LogP contribution in [0.2, 0.25) is 0 Å². The molecule has 2 N–H and O–H groups in total. The van der Waals surface area contributed by atoms with E-state index in [0.717, 1.165) is 37.4 Å². The van der Waals surface area contributed by atoms with Crippen molar-refractivity contribution < 1.29 is 4.79 Å². The Balaban J connectivity index is 1.55. The van der Waals surface area contributed by atoms with Gasteiger partial charge in [0.1, 0.15) is 0 Å². The molecular weight excluding hydrogens is 264 g/mol. The minimum absolute atomic E-state index is 0.233. The zero-order valence-electron chi connectivity index (χ0n) is 12.2. The average molecular weight is 284 g/mol. The molecule has 1 saturated heterocycles. The second-order valence-electron chi connectivity index (χ2n) is 5.44. The van der Waals surface area contributed by atoms with Gasteiger partial charge >= 0.3 is 0 Å². The van der Waals surface area contributed by atoms with E-state index in [1.54, 1.807) is 0 Å². The van der Waals surface area contributed by atoms with Crippen molar-refractivity contribution in [2.24, 2.45) is 0 Å². The van der Waals surface area contributed by atoms with Crippen molar-refractivity contribution in [3.05, 3.63) is 47.3 Å². The highest BCUT2D eigenvalue weighted by Crippen LogP contribution is 2.21. The molecular formula is C16H20N4O. The fraction of sp³-hybridized carbons (Fsp3) is 0.375. The molecule has 0 bridgehead atoms. The third-order valence-corrected chi connectivity index (χ3v) is 3.90. The molecule has 5 heteroatoms. The third-order valence-electron chi connectivity index (χ3n) is 3.90. The average Bonchev–Trinajstić information content (AvgIpc) is 3.09. The van der Waals surface area contributed by atoms with Gasteiger partial charge in [0.2, 0.25) is 5.91 Å². The predicted molar refractivity (Wildman–Crippen MR) is 81.9 cm³/mol. The van der Waals surface area contributed by atoms with E-state index < -0.39 is 0 Å². The molecule has 1 aliphatic heterocycles. The fourth-order valence-corrected chi connectivity index (χ4v) is 2.61. The van der Waals surface area contributed by atoms with Gasteiger partial charge < -0.3 is 10.2 Å². The normalized spacial score (nSPS) is 14.9. The molecule has 0 unspecified atom stereocenters. The van der Waals surface area contributed by atoms with E-state index in [4.69, 9.17) is 0 Å². The van der Waals surface area contributed by atoms with Crippen LogP contribution < -0.4 is 10.2 Å². The van der Waals surface area contributed by atoms with Crippen LogP contribution in [0.25, 0.3) is 0 Å². The van der Waals surface area contributed by atoms with Crippen LogP contribution in [0.15, 0.2) is 30.5 Å². The Morgan fingerprint density at radius 2 is 2.10 bits per heavy atom. The number of amides is 1. The maximum atomic E-state index is 11.7. The highest BCUT2D eigenvalue weighted by Gasteiger charge is 2.21. The first kappa shape index (κ1) is 13.8. The molecule has 0 spiro atoms. The molecule has 1 aliphatic rings. The molecule has 21 heavy (non-hydrogen) atoms. The van der Waals surface area contributed by atoms with Crippen LogP contribution in [0.5, 0.6) is 0 Å². The van der Waals surface area contributed by atoms with Gasteiger partial charge in [0.15, 0.2) is 0 Å². The van der Waals surface area contributed by atoms with E-state index in [-0.39, 0.29) is 5.91 Å². The number of hydrogen-bond donors (Lipinski definition) is 2. The van der Waals surface area contributed by atoms with Crippen LogP contribution in [-0.4, -0.2) is 22.6 Å². The van der Waals surface area contributed by atoms with Crippen molar-refractivity contribution in [2.75, 3.05) is 11.4 Å². The Hall–Kier alpha value is -2.14. The molecule has 1 fully saturated rings. The minimum atomic E-state index is 0.233. The van der Waals surface area contributed by atoms with Crippen LogP contribution in [-0.2, 0) is 17.9 Å². The first-order valence-electron chi connectivity index (χ1n) is 7.33. The van der Waals surface area contributed by atoms with E-state index in [1.807, 2.05) is 30.2 Å². The number of aromatic amines is 1. The Labute approximate surface area is 124 Å². The van der Waals surface area contributed by atoms with Gasteiger partial charge in [0, 0.05) is 43.0 Å². The highest BCUT2D eigenvalue weighted by molar-refractivity contribution is 5.95. The van der Waals surface area contributed by atoms with E-state index in [2.05, 4.69) is 27.6 Å². The summed E-state index contributed by atoms with van der Waals surface area (Å²) >= 11 is 0. The monoisotopic (exact) mass is 284 g/mol. The van der Waals surface area contributed by atoms with Crippen molar-refractivity contribution in [1.82, 2.24) is 15.5 Å². The number of nitrogens with one attached hydrogen (secondary N) is 2. The van der Waals surface area contributed by atoms with Crippen LogP contribution in [0.1, 0.15) is 29.7 Å². The highest BCUT2D eigenvalue weighted by atomic mass is 16.2. The van der Waals surface area contributed by atoms with E-state index in [1.165, 1.54) is 11.1 Å². The predicted octanol–water partition coefficient (Wildman–Crippen LogP) is 2.13. The van der Waals surface area contributed by atoms with Crippen molar-refractivity contribution >= 4 is 11.6 Å². The summed E-state index contributed by atoms with van der Waals surface area (Å²) in [5, 5.41) is 10.3. The molecule has 1 amide bonds. The number of aromatic nitrogens is 2. The second-order valence-corrected chi connectivity index (χ2v) is 5.44. The summed E-state index contributed by atoms with van der Waals surface area (Å²) in [5.74, 6) is 0.233. The molecule has 0 atom stereocenters. The molecule has 2 aromatic rings. The van der Waals surface area contributed by atoms with Gasteiger partial charge in [-0.3, -0.25) is 9.89 Å². The molecule has 1 aromatic carbocycles. The maximum Gasteiger partial charge on any atom is 0.227 e. The number of carbonyl (C=O) groups is 1. The van der Waals surface area contributed by atoms with Crippen molar-refractivity contribution in [3.8, 4) is 0 Å². The summed E-state index contributed by atoms with van der Waals surface area (Å²) in [6.07, 6.45) is 3.49. The van der Waals surface area contributed by atoms with Crippen LogP contribution in [0.4, 0.5) is 5.69 Å². The molecule has 3 rings (SSSR count). The van der Waals surface area contributed by atoms with Gasteiger partial charge in [-0.1, -0.05) is 12.1 Å². The van der Waals surface area contributed by atoms with Crippen molar-refractivity contribution in [1.29, 1.82) is 0 Å². The van der Waals surface area contributed by atoms with Gasteiger partial charge in [0.05, 0.1) is 6.20 Å². The Morgan fingerprint density at radius 1 is 1.29 bits per heavy atom. The largest absolute Gasteiger partial charge is 0.312 e. The summed E-state index contributed by atoms with van der Waals surface area (Å²) in [4.78, 5) is 13.6. The topological polar surface area (TPSA) is 61.0 Å². The number of nitrogens with zero attached hydrogens (tertiary/aromatic N) is 2. The van der Waals surface area contributed by atoms with Gasteiger partial charge in [0.25, 0.3) is 0 Å². The molecule has 1 aromatic heterocycles. The molecule has 0 radical (unpaired) electrons. The maximum absolute atomic E-state index is 11.7. The summed E-state index contributed by atoms with van der Waals surface area (Å²) < 4.78 is 0. The fourth-order valence-electron chi connectivity index (χ4n) is 2.61. The molecule has 110 valence electrons. The number of carbonyl (C=O) groups excluding carboxylic acids is 1. The van der Waals surface area contributed by atoms with Crippen LogP contribution >= 0.6 is 0 Å². The van der Waals surface area contributed by atoms with Gasteiger partial charge in [-0.15, -0.1) is 0 Å². The number of hydrogen-bond acceptors (Lipinski definition) is 3. The summed E-state index contributed by atoms with van der Waals surface area (Å²) in [6, 6.07) is 8.22. The Bertz CT molecular complexity index is 617. The lowest BCUT2D eigenvalue weighted by Gasteiger charge is -2.16. The lowest BCUT2D eigenvalue weighted by atomic mass is 10.2. The zero-order valence-corrected chi connectivity index (χ0v) is 12.2. The van der Waals surface area contributed by atoms with E-state index in [0.29, 0.717) is 6.42 Å². The SMILES string of the molecule is Cc1[nH]ncc1CNCc1ccc(N2CCCC2=O)cc1. The first-order chi connectivity index (χ1) is 10.2. The molecule has 2 heterocycles. The minimum Gasteiger partial charge on any atom is -0.312 e. The number of aryl methyl sites for hydroxylation is 1. The second kappa shape index (κ2) is 6.10. The molecule has 0 saturated carbocycles. The van der Waals surface area contributed by atoms with E-state index in [9.17, 15) is 4.79 Å². The number of H-pyrrole nitrogens is 1. The van der Waals surface area contributed by atoms with Gasteiger partial charge in [-0.05, 0) is 31.0 Å². The molecule has 0 aliphatic carbocycles. The van der Waals surface area contributed by atoms with Crippen molar-refractivity contribution in [3.63, 3.8) is 0 Å². The number of rotatable bonds is 5. The lowest BCUT2D eigenvalue weighted by molar-refractivity contribution is -0.117. The molecule has 5 nitrogen and oxygen atoms in total. The van der Waals surface area contributed by atoms with Crippen molar-refractivity contribution in [2.45, 2.75) is 32.9 Å².